The molecule has 2 aromatic carbocycles. The Morgan fingerprint density at radius 2 is 1.53 bits per heavy atom. The van der Waals surface area contributed by atoms with Gasteiger partial charge in [0, 0.05) is 4.47 Å². The highest BCUT2D eigenvalue weighted by molar-refractivity contribution is 9.11. The summed E-state index contributed by atoms with van der Waals surface area (Å²) in [6.07, 6.45) is 8.53. The van der Waals surface area contributed by atoms with E-state index in [0.717, 1.165) is 22.2 Å². The van der Waals surface area contributed by atoms with Gasteiger partial charge >= 0.3 is 6.03 Å². The highest BCUT2D eigenvalue weighted by Gasteiger charge is 2.36. The zero-order chi connectivity index (χ0) is 24.7. The van der Waals surface area contributed by atoms with Crippen LogP contribution in [0, 0.1) is 0 Å². The molecule has 1 aliphatic heterocycles. The van der Waals surface area contributed by atoms with Gasteiger partial charge in [-0.1, -0.05) is 55.0 Å². The molecule has 9 heteroatoms. The van der Waals surface area contributed by atoms with E-state index in [9.17, 15) is 14.4 Å². The fourth-order valence-corrected chi connectivity index (χ4v) is 5.22. The lowest BCUT2D eigenvalue weighted by molar-refractivity contribution is -0.122. The molecule has 1 saturated heterocycles. The second-order valence-electron chi connectivity index (χ2n) is 7.86. The lowest BCUT2D eigenvalue weighted by Crippen LogP contribution is -2.54. The molecule has 0 saturated carbocycles. The molecule has 2 aromatic rings. The number of anilines is 1. The molecular weight excluding hydrogens is 632 g/mol. The maximum atomic E-state index is 13.1. The largest absolute Gasteiger partial charge is 0.491 e. The average molecular weight is 657 g/mol. The van der Waals surface area contributed by atoms with Crippen LogP contribution < -0.4 is 15.0 Å². The smallest absolute Gasteiger partial charge is 0.335 e. The minimum Gasteiger partial charge on any atom is -0.491 e. The van der Waals surface area contributed by atoms with Gasteiger partial charge in [0.1, 0.15) is 11.3 Å². The number of hydrogen-bond donors (Lipinski definition) is 1. The highest BCUT2D eigenvalue weighted by atomic mass is 79.9. The summed E-state index contributed by atoms with van der Waals surface area (Å²) in [4.78, 5) is 38.8. The predicted molar refractivity (Wildman–Crippen MR) is 144 cm³/mol. The zero-order valence-electron chi connectivity index (χ0n) is 18.7. The molecule has 180 valence electrons. The number of imide groups is 2. The summed E-state index contributed by atoms with van der Waals surface area (Å²) in [5, 5.41) is 2.24. The second-order valence-corrected chi connectivity index (χ2v) is 10.5. The first-order chi connectivity index (χ1) is 16.3. The lowest BCUT2D eigenvalue weighted by Gasteiger charge is -2.26. The van der Waals surface area contributed by atoms with Crippen LogP contribution in [0.2, 0.25) is 0 Å². The van der Waals surface area contributed by atoms with E-state index in [4.69, 9.17) is 4.74 Å². The number of nitrogens with one attached hydrogen (secondary N) is 1. The van der Waals surface area contributed by atoms with E-state index in [2.05, 4.69) is 60.0 Å². The number of nitrogens with zero attached hydrogens (tertiary/aromatic N) is 1. The Balaban J connectivity index is 1.74. The molecule has 1 fully saturated rings. The number of barbiturate groups is 1. The minimum absolute atomic E-state index is 0.137. The number of hydrogen-bond acceptors (Lipinski definition) is 4. The van der Waals surface area contributed by atoms with Gasteiger partial charge in [0.15, 0.2) is 0 Å². The van der Waals surface area contributed by atoms with Gasteiger partial charge in [-0.25, -0.2) is 9.69 Å². The van der Waals surface area contributed by atoms with Crippen LogP contribution in [0.1, 0.15) is 51.0 Å². The number of ether oxygens (including phenoxy) is 1. The average Bonchev–Trinajstić information content (AvgIpc) is 2.78. The summed E-state index contributed by atoms with van der Waals surface area (Å²) in [5.74, 6) is -0.757. The fraction of sp³-hybridized carbons (Fsp3) is 0.320. The first-order valence-corrected chi connectivity index (χ1v) is 13.5. The van der Waals surface area contributed by atoms with Crippen LogP contribution in [-0.2, 0) is 9.59 Å². The third-order valence-electron chi connectivity index (χ3n) is 5.26. The molecule has 1 N–H and O–H groups in total. The van der Waals surface area contributed by atoms with E-state index in [-0.39, 0.29) is 5.57 Å². The topological polar surface area (TPSA) is 75.7 Å². The Labute approximate surface area is 224 Å². The molecule has 0 spiro atoms. The van der Waals surface area contributed by atoms with Crippen molar-refractivity contribution in [2.45, 2.75) is 45.4 Å². The molecule has 6 nitrogen and oxygen atoms in total. The molecule has 0 aliphatic carbocycles. The van der Waals surface area contributed by atoms with E-state index in [0.29, 0.717) is 32.6 Å². The van der Waals surface area contributed by atoms with Crippen molar-refractivity contribution in [3.05, 3.63) is 61.0 Å². The molecule has 0 atom stereocenters. The normalized spacial score (nSPS) is 15.1. The number of rotatable bonds is 10. The van der Waals surface area contributed by atoms with Gasteiger partial charge in [0.2, 0.25) is 0 Å². The molecule has 4 amide bonds. The van der Waals surface area contributed by atoms with Gasteiger partial charge < -0.3 is 4.74 Å². The van der Waals surface area contributed by atoms with Crippen molar-refractivity contribution in [2.24, 2.45) is 0 Å². The van der Waals surface area contributed by atoms with E-state index >= 15 is 0 Å². The van der Waals surface area contributed by atoms with Gasteiger partial charge in [-0.2, -0.15) is 0 Å². The molecular formula is C25H25Br3N2O4. The van der Waals surface area contributed by atoms with Crippen molar-refractivity contribution in [2.75, 3.05) is 11.5 Å². The van der Waals surface area contributed by atoms with Crippen LogP contribution >= 0.6 is 47.8 Å². The maximum absolute atomic E-state index is 13.1. The van der Waals surface area contributed by atoms with Gasteiger partial charge in [-0.15, -0.1) is 0 Å². The summed E-state index contributed by atoms with van der Waals surface area (Å²) in [6.45, 7) is 2.81. The van der Waals surface area contributed by atoms with Crippen LogP contribution in [0.4, 0.5) is 10.5 Å². The molecule has 34 heavy (non-hydrogen) atoms. The number of amides is 4. The highest BCUT2D eigenvalue weighted by Crippen LogP contribution is 2.36. The standard InChI is InChI=1S/C25H25Br3N2O4/c1-2-3-4-5-6-7-12-34-22-20(27)14-16(15-21(22)28)13-19-23(31)29-25(33)30(24(19)32)18-10-8-17(26)9-11-18/h8-11,13-15H,2-7,12H2,1H3,(H,29,31,33)/b19-13+. The quantitative estimate of drug-likeness (QED) is 0.165. The number of urea groups is 1. The number of halogens is 3. The molecule has 0 aromatic heterocycles. The predicted octanol–water partition coefficient (Wildman–Crippen LogP) is 7.38. The van der Waals surface area contributed by atoms with Gasteiger partial charge in [-0.3, -0.25) is 14.9 Å². The van der Waals surface area contributed by atoms with E-state index in [1.807, 2.05) is 0 Å². The lowest BCUT2D eigenvalue weighted by atomic mass is 10.1. The van der Waals surface area contributed by atoms with Crippen molar-refractivity contribution in [3.63, 3.8) is 0 Å². The molecule has 1 heterocycles. The summed E-state index contributed by atoms with van der Waals surface area (Å²) < 4.78 is 8.15. The Kier molecular flexibility index (Phi) is 9.91. The van der Waals surface area contributed by atoms with Gasteiger partial charge in [0.25, 0.3) is 11.8 Å². The van der Waals surface area contributed by atoms with E-state index in [1.54, 1.807) is 36.4 Å². The van der Waals surface area contributed by atoms with Crippen LogP contribution in [0.15, 0.2) is 55.4 Å². The maximum Gasteiger partial charge on any atom is 0.335 e. The summed E-state index contributed by atoms with van der Waals surface area (Å²) in [6, 6.07) is 9.44. The summed E-state index contributed by atoms with van der Waals surface area (Å²) >= 11 is 10.4. The Bertz CT molecular complexity index is 1080. The SMILES string of the molecule is CCCCCCCCOc1c(Br)cc(/C=C2\C(=O)NC(=O)N(c3ccc(Br)cc3)C2=O)cc1Br. The zero-order valence-corrected chi connectivity index (χ0v) is 23.5. The first-order valence-electron chi connectivity index (χ1n) is 11.1. The van der Waals surface area contributed by atoms with E-state index in [1.165, 1.54) is 31.8 Å². The van der Waals surface area contributed by atoms with Crippen LogP contribution in [0.5, 0.6) is 5.75 Å². The van der Waals surface area contributed by atoms with Crippen molar-refractivity contribution < 1.29 is 19.1 Å². The van der Waals surface area contributed by atoms with E-state index < -0.39 is 17.8 Å². The van der Waals surface area contributed by atoms with Gasteiger partial charge in [-0.05, 0) is 86.3 Å². The molecule has 3 rings (SSSR count). The monoisotopic (exact) mass is 654 g/mol. The summed E-state index contributed by atoms with van der Waals surface area (Å²) in [5.41, 5.74) is 0.834. The van der Waals surface area contributed by atoms with Crippen molar-refractivity contribution >= 4 is 77.4 Å². The fourth-order valence-electron chi connectivity index (χ4n) is 3.51. The number of unbranched alkanes of at least 4 members (excludes halogenated alkanes) is 5. The van der Waals surface area contributed by atoms with Crippen LogP contribution in [0.3, 0.4) is 0 Å². The first kappa shape index (κ1) is 26.6. The third kappa shape index (κ3) is 6.79. The van der Waals surface area contributed by atoms with Crippen molar-refractivity contribution in [1.29, 1.82) is 0 Å². The molecule has 0 unspecified atom stereocenters. The molecule has 0 bridgehead atoms. The molecule has 0 radical (unpaired) electrons. The summed E-state index contributed by atoms with van der Waals surface area (Å²) in [7, 11) is 0. The van der Waals surface area contributed by atoms with Crippen LogP contribution in [-0.4, -0.2) is 24.5 Å². The number of benzene rings is 2. The number of carbonyl (C=O) groups is 3. The Hall–Kier alpha value is -1.97. The van der Waals surface area contributed by atoms with Crippen molar-refractivity contribution in [3.8, 4) is 5.75 Å². The van der Waals surface area contributed by atoms with Crippen molar-refractivity contribution in [1.82, 2.24) is 5.32 Å². The Morgan fingerprint density at radius 3 is 2.18 bits per heavy atom. The van der Waals surface area contributed by atoms with Crippen LogP contribution in [0.25, 0.3) is 6.08 Å². The number of carbonyl (C=O) groups excluding carboxylic acids is 3. The second kappa shape index (κ2) is 12.7. The Morgan fingerprint density at radius 1 is 0.912 bits per heavy atom. The van der Waals surface area contributed by atoms with Gasteiger partial charge in [0.05, 0.1) is 21.2 Å². The minimum atomic E-state index is -0.782. The molecule has 1 aliphatic rings. The third-order valence-corrected chi connectivity index (χ3v) is 6.97.